The summed E-state index contributed by atoms with van der Waals surface area (Å²) >= 11 is 0. The average Bonchev–Trinajstić information content (AvgIpc) is 2.46. The Bertz CT molecular complexity index is 174. The largest absolute Gasteiger partial charge is 0.0602 e. The van der Waals surface area contributed by atoms with Gasteiger partial charge in [0.2, 0.25) is 0 Å². The van der Waals surface area contributed by atoms with Gasteiger partial charge in [-0.25, -0.2) is 0 Å². The molecule has 0 atom stereocenters. The van der Waals surface area contributed by atoms with Gasteiger partial charge in [-0.3, -0.25) is 0 Å². The highest BCUT2D eigenvalue weighted by atomic mass is 28.2. The van der Waals surface area contributed by atoms with Crippen molar-refractivity contribution < 1.29 is 0 Å². The molecule has 1 aliphatic rings. The highest BCUT2D eigenvalue weighted by Gasteiger charge is 2.37. The van der Waals surface area contributed by atoms with Crippen LogP contribution in [0.25, 0.3) is 0 Å². The van der Waals surface area contributed by atoms with Gasteiger partial charge in [-0.05, 0) is 21.9 Å². The van der Waals surface area contributed by atoms with E-state index < -0.39 is 0 Å². The molecular formula is C14H29Si. The van der Waals surface area contributed by atoms with Gasteiger partial charge in [0.05, 0.1) is 0 Å². The van der Waals surface area contributed by atoms with Gasteiger partial charge in [0.1, 0.15) is 0 Å². The highest BCUT2D eigenvalue weighted by Crippen LogP contribution is 2.47. The maximum absolute atomic E-state index is 2.44. The predicted octanol–water partition coefficient (Wildman–Crippen LogP) is 4.14. The molecule has 1 saturated carbocycles. The second-order valence-electron chi connectivity index (χ2n) is 7.45. The van der Waals surface area contributed by atoms with Gasteiger partial charge < -0.3 is 0 Å². The molecule has 0 N–H and O–H groups in total. The molecule has 1 radical (unpaired) electrons. The van der Waals surface area contributed by atoms with E-state index in [0.717, 1.165) is 5.54 Å². The molecule has 89 valence electrons. The summed E-state index contributed by atoms with van der Waals surface area (Å²) < 4.78 is 0. The van der Waals surface area contributed by atoms with E-state index in [-0.39, 0.29) is 9.52 Å². The Balaban J connectivity index is 2.65. The molecule has 0 aliphatic heterocycles. The minimum Gasteiger partial charge on any atom is -0.0602 e. The van der Waals surface area contributed by atoms with Crippen LogP contribution >= 0.6 is 0 Å². The molecule has 0 bridgehead atoms. The summed E-state index contributed by atoms with van der Waals surface area (Å²) in [6.07, 6.45) is 5.89. The fourth-order valence-electron chi connectivity index (χ4n) is 3.28. The molecule has 0 unspecified atom stereocenters. The van der Waals surface area contributed by atoms with Crippen LogP contribution in [0.5, 0.6) is 0 Å². The van der Waals surface area contributed by atoms with Crippen molar-refractivity contribution in [1.29, 1.82) is 0 Å². The fraction of sp³-hybridized carbons (Fsp3) is 0.929. The first kappa shape index (κ1) is 13.3. The molecule has 1 fully saturated rings. The molecule has 15 heavy (non-hydrogen) atoms. The van der Waals surface area contributed by atoms with E-state index in [9.17, 15) is 0 Å². The molecule has 0 amide bonds. The van der Waals surface area contributed by atoms with Crippen molar-refractivity contribution >= 4 is 9.52 Å². The Morgan fingerprint density at radius 2 is 1.27 bits per heavy atom. The van der Waals surface area contributed by atoms with Gasteiger partial charge in [-0.2, -0.15) is 0 Å². The van der Waals surface area contributed by atoms with Crippen LogP contribution in [-0.4, -0.2) is 9.52 Å². The zero-order valence-electron chi connectivity index (χ0n) is 11.6. The monoisotopic (exact) mass is 225 g/mol. The summed E-state index contributed by atoms with van der Waals surface area (Å²) in [6.45, 7) is 14.6. The van der Waals surface area contributed by atoms with E-state index >= 15 is 0 Å². The van der Waals surface area contributed by atoms with Crippen LogP contribution in [0.4, 0.5) is 0 Å². The summed E-state index contributed by atoms with van der Waals surface area (Å²) in [5.41, 5.74) is 3.93. The van der Waals surface area contributed by atoms with E-state index in [4.69, 9.17) is 0 Å². The van der Waals surface area contributed by atoms with Gasteiger partial charge >= 0.3 is 0 Å². The maximum atomic E-state index is 2.44. The summed E-state index contributed by atoms with van der Waals surface area (Å²) in [7, 11) is 0.0100. The second-order valence-corrected chi connectivity index (χ2v) is 9.67. The Hall–Kier alpha value is 0.217. The third-order valence-electron chi connectivity index (χ3n) is 3.89. The van der Waals surface area contributed by atoms with Gasteiger partial charge in [0, 0.05) is 9.52 Å². The van der Waals surface area contributed by atoms with E-state index in [1.807, 2.05) is 5.54 Å². The lowest BCUT2D eigenvalue weighted by Crippen LogP contribution is -2.33. The number of rotatable bonds is 2. The number of hydrogen-bond acceptors (Lipinski definition) is 0. The minimum atomic E-state index is 0.0100. The fourth-order valence-corrected chi connectivity index (χ4v) is 5.99. The van der Waals surface area contributed by atoms with Crippen LogP contribution < -0.4 is 0 Å². The standard InChI is InChI=1S/C14H29Si/c1-13(2,3)12(14(4,5)6)15-11-9-7-8-10-11/h12H,7-10,15H2,1-6H3. The first-order valence-corrected chi connectivity index (χ1v) is 8.07. The van der Waals surface area contributed by atoms with Crippen LogP contribution in [-0.2, 0) is 0 Å². The quantitative estimate of drug-likeness (QED) is 0.620. The molecule has 0 spiro atoms. The molecule has 0 aromatic rings. The molecular weight excluding hydrogens is 196 g/mol. The summed E-state index contributed by atoms with van der Waals surface area (Å²) in [6, 6.07) is 0. The maximum Gasteiger partial charge on any atom is 0.0319 e. The molecule has 0 nitrogen and oxygen atoms in total. The van der Waals surface area contributed by atoms with Crippen molar-refractivity contribution in [3.05, 3.63) is 5.54 Å². The summed E-state index contributed by atoms with van der Waals surface area (Å²) in [5, 5.41) is 0. The van der Waals surface area contributed by atoms with Crippen LogP contribution in [0.15, 0.2) is 0 Å². The smallest absolute Gasteiger partial charge is 0.0319 e. The molecule has 1 heteroatoms. The Morgan fingerprint density at radius 3 is 1.60 bits per heavy atom. The lowest BCUT2D eigenvalue weighted by Gasteiger charge is -2.42. The van der Waals surface area contributed by atoms with E-state index in [2.05, 4.69) is 41.5 Å². The third kappa shape index (κ3) is 3.94. The van der Waals surface area contributed by atoms with Crippen LogP contribution in [0.2, 0.25) is 5.54 Å². The van der Waals surface area contributed by atoms with Gasteiger partial charge in [0.25, 0.3) is 0 Å². The molecule has 0 heterocycles. The third-order valence-corrected chi connectivity index (χ3v) is 8.04. The van der Waals surface area contributed by atoms with E-state index in [1.54, 1.807) is 0 Å². The van der Waals surface area contributed by atoms with Gasteiger partial charge in [-0.15, -0.1) is 0 Å². The highest BCUT2D eigenvalue weighted by molar-refractivity contribution is 6.45. The molecule has 0 aromatic heterocycles. The minimum absolute atomic E-state index is 0.0100. The molecule has 0 aromatic carbocycles. The first-order chi connectivity index (χ1) is 6.71. The summed E-state index contributed by atoms with van der Waals surface area (Å²) in [5.74, 6) is 0. The zero-order chi connectivity index (χ0) is 11.7. The van der Waals surface area contributed by atoms with E-state index in [1.165, 1.54) is 25.7 Å². The topological polar surface area (TPSA) is 0 Å². The molecule has 0 saturated heterocycles. The normalized spacial score (nSPS) is 21.0. The van der Waals surface area contributed by atoms with Crippen molar-refractivity contribution in [2.75, 3.05) is 0 Å². The summed E-state index contributed by atoms with van der Waals surface area (Å²) in [4.78, 5) is 0. The first-order valence-electron chi connectivity index (χ1n) is 6.55. The Labute approximate surface area is 99.1 Å². The van der Waals surface area contributed by atoms with Crippen molar-refractivity contribution in [3.8, 4) is 0 Å². The van der Waals surface area contributed by atoms with Crippen LogP contribution in [0.3, 0.4) is 0 Å². The predicted molar refractivity (Wildman–Crippen MR) is 72.9 cm³/mol. The van der Waals surface area contributed by atoms with Crippen molar-refractivity contribution in [3.63, 3.8) is 0 Å². The molecule has 1 rings (SSSR count). The molecule has 1 aliphatic carbocycles. The SMILES string of the molecule is CC(C)(C)C([SiH2][C]1CCCC1)C(C)(C)C. The Kier molecular flexibility index (Phi) is 4.08. The van der Waals surface area contributed by atoms with Crippen molar-refractivity contribution in [1.82, 2.24) is 0 Å². The van der Waals surface area contributed by atoms with E-state index in [0.29, 0.717) is 10.8 Å². The van der Waals surface area contributed by atoms with Crippen molar-refractivity contribution in [2.24, 2.45) is 10.8 Å². The lowest BCUT2D eigenvalue weighted by atomic mass is 9.77. The lowest BCUT2D eigenvalue weighted by molar-refractivity contribution is 0.232. The van der Waals surface area contributed by atoms with Crippen LogP contribution in [0.1, 0.15) is 67.2 Å². The van der Waals surface area contributed by atoms with Gasteiger partial charge in [-0.1, -0.05) is 67.2 Å². The Morgan fingerprint density at radius 1 is 0.867 bits per heavy atom. The van der Waals surface area contributed by atoms with Gasteiger partial charge in [0.15, 0.2) is 0 Å². The van der Waals surface area contributed by atoms with Crippen LogP contribution in [0, 0.1) is 16.4 Å². The zero-order valence-corrected chi connectivity index (χ0v) is 13.0. The van der Waals surface area contributed by atoms with Crippen molar-refractivity contribution in [2.45, 2.75) is 72.8 Å². The second kappa shape index (κ2) is 4.61. The number of hydrogen-bond donors (Lipinski definition) is 0. The average molecular weight is 225 g/mol.